The second-order valence-corrected chi connectivity index (χ2v) is 9.21. The number of allylic oxidation sites excluding steroid dienone is 1. The highest BCUT2D eigenvalue weighted by Gasteiger charge is 2.33. The number of carbonyl (C=O) groups is 1. The highest BCUT2D eigenvalue weighted by Crippen LogP contribution is 2.24. The van der Waals surface area contributed by atoms with Gasteiger partial charge in [0.15, 0.2) is 0 Å². The Morgan fingerprint density at radius 1 is 1.29 bits per heavy atom. The van der Waals surface area contributed by atoms with E-state index in [1.54, 1.807) is 24.3 Å². The second-order valence-electron chi connectivity index (χ2n) is 7.56. The molecule has 0 saturated carbocycles. The maximum absolute atomic E-state index is 12.8. The maximum atomic E-state index is 12.8. The molecule has 6 nitrogen and oxygen atoms in total. The zero-order chi connectivity index (χ0) is 20.1. The summed E-state index contributed by atoms with van der Waals surface area (Å²) in [6.07, 6.45) is 8.65. The van der Waals surface area contributed by atoms with Crippen LogP contribution in [0.25, 0.3) is 0 Å². The summed E-state index contributed by atoms with van der Waals surface area (Å²) < 4.78 is 27.1. The first-order valence-corrected chi connectivity index (χ1v) is 11.6. The molecule has 1 heterocycles. The van der Waals surface area contributed by atoms with Crippen molar-refractivity contribution >= 4 is 21.8 Å². The molecule has 0 spiro atoms. The van der Waals surface area contributed by atoms with E-state index in [1.807, 2.05) is 13.8 Å². The summed E-state index contributed by atoms with van der Waals surface area (Å²) in [5.41, 5.74) is 1.94. The summed E-state index contributed by atoms with van der Waals surface area (Å²) in [6, 6.07) is 6.09. The molecule has 1 aromatic carbocycles. The topological polar surface area (TPSA) is 87.6 Å². The molecular formula is C21H29N3O3S. The summed E-state index contributed by atoms with van der Waals surface area (Å²) in [5, 5.41) is 3.00. The van der Waals surface area contributed by atoms with Crippen LogP contribution in [0.1, 0.15) is 57.9 Å². The van der Waals surface area contributed by atoms with Gasteiger partial charge in [0, 0.05) is 12.1 Å². The van der Waals surface area contributed by atoms with Crippen LogP contribution in [0, 0.1) is 5.92 Å². The van der Waals surface area contributed by atoms with Gasteiger partial charge in [0.1, 0.15) is 11.9 Å². The minimum absolute atomic E-state index is 0.00124. The van der Waals surface area contributed by atoms with Gasteiger partial charge in [-0.2, -0.15) is 0 Å². The van der Waals surface area contributed by atoms with E-state index >= 15 is 0 Å². The largest absolute Gasteiger partial charge is 0.354 e. The Hall–Kier alpha value is -2.15. The van der Waals surface area contributed by atoms with E-state index in [0.717, 1.165) is 25.7 Å². The van der Waals surface area contributed by atoms with Crippen LogP contribution in [0.5, 0.6) is 0 Å². The number of aliphatic imine (C=N–C) groups is 1. The zero-order valence-electron chi connectivity index (χ0n) is 16.6. The summed E-state index contributed by atoms with van der Waals surface area (Å²) >= 11 is 0. The Morgan fingerprint density at radius 3 is 2.79 bits per heavy atom. The van der Waals surface area contributed by atoms with Crippen molar-refractivity contribution < 1.29 is 13.2 Å². The number of nitrogens with zero attached hydrogens (tertiary/aromatic N) is 1. The van der Waals surface area contributed by atoms with E-state index < -0.39 is 16.1 Å². The van der Waals surface area contributed by atoms with Gasteiger partial charge in [-0.15, -0.1) is 0 Å². The number of rotatable bonds is 7. The first kappa shape index (κ1) is 20.6. The minimum atomic E-state index is -3.61. The molecule has 152 valence electrons. The normalized spacial score (nSPS) is 21.4. The van der Waals surface area contributed by atoms with Gasteiger partial charge in [0.25, 0.3) is 10.0 Å². The Bertz CT molecular complexity index is 890. The van der Waals surface area contributed by atoms with Crippen molar-refractivity contribution in [1.29, 1.82) is 0 Å². The monoisotopic (exact) mass is 403 g/mol. The first-order chi connectivity index (χ1) is 13.4. The third-order valence-electron chi connectivity index (χ3n) is 5.51. The Balaban J connectivity index is 1.74. The van der Waals surface area contributed by atoms with Gasteiger partial charge in [-0.1, -0.05) is 44.1 Å². The molecule has 0 unspecified atom stereocenters. The van der Waals surface area contributed by atoms with Crippen molar-refractivity contribution in [3.63, 3.8) is 0 Å². The Morgan fingerprint density at radius 2 is 2.07 bits per heavy atom. The predicted molar refractivity (Wildman–Crippen MR) is 111 cm³/mol. The number of hydrogen-bond acceptors (Lipinski definition) is 4. The van der Waals surface area contributed by atoms with Crippen molar-refractivity contribution in [2.45, 2.75) is 63.3 Å². The van der Waals surface area contributed by atoms with Crippen molar-refractivity contribution in [3.05, 3.63) is 41.5 Å². The summed E-state index contributed by atoms with van der Waals surface area (Å²) in [7, 11) is -3.61. The molecule has 0 aromatic heterocycles. The lowest BCUT2D eigenvalue weighted by Gasteiger charge is -2.20. The molecule has 1 aliphatic heterocycles. The van der Waals surface area contributed by atoms with Gasteiger partial charge in [-0.3, -0.25) is 14.5 Å². The van der Waals surface area contributed by atoms with E-state index in [2.05, 4.69) is 21.1 Å². The molecule has 28 heavy (non-hydrogen) atoms. The molecule has 0 bridgehead atoms. The van der Waals surface area contributed by atoms with Crippen LogP contribution in [0.3, 0.4) is 0 Å². The molecule has 0 radical (unpaired) electrons. The number of hydrogen-bond donors (Lipinski definition) is 2. The molecule has 1 aliphatic carbocycles. The van der Waals surface area contributed by atoms with Crippen molar-refractivity contribution in [2.24, 2.45) is 10.9 Å². The zero-order valence-corrected chi connectivity index (χ0v) is 17.4. The minimum Gasteiger partial charge on any atom is -0.354 e. The lowest BCUT2D eigenvalue weighted by Crippen LogP contribution is -2.39. The lowest BCUT2D eigenvalue weighted by atomic mass is 9.96. The van der Waals surface area contributed by atoms with Gasteiger partial charge in [0.05, 0.1) is 4.90 Å². The fraction of sp³-hybridized carbons (Fsp3) is 0.524. The average Bonchev–Trinajstić information content (AvgIpc) is 2.96. The number of fused-ring (bicyclic) bond motifs is 1. The van der Waals surface area contributed by atoms with E-state index in [0.29, 0.717) is 12.1 Å². The van der Waals surface area contributed by atoms with Crippen LogP contribution in [0.2, 0.25) is 0 Å². The highest BCUT2D eigenvalue weighted by atomic mass is 32.2. The van der Waals surface area contributed by atoms with Crippen LogP contribution in [0.15, 0.2) is 45.8 Å². The molecule has 7 heteroatoms. The fourth-order valence-electron chi connectivity index (χ4n) is 3.62. The molecule has 1 amide bonds. The molecule has 1 aromatic rings. The van der Waals surface area contributed by atoms with Gasteiger partial charge < -0.3 is 5.32 Å². The van der Waals surface area contributed by atoms with Crippen LogP contribution in [-0.4, -0.2) is 32.7 Å². The number of sulfonamides is 1. The lowest BCUT2D eigenvalue weighted by molar-refractivity contribution is -0.123. The van der Waals surface area contributed by atoms with Gasteiger partial charge in [-0.05, 0) is 50.2 Å². The number of benzene rings is 1. The molecular weight excluding hydrogens is 374 g/mol. The van der Waals surface area contributed by atoms with Crippen LogP contribution >= 0.6 is 0 Å². The van der Waals surface area contributed by atoms with Crippen LogP contribution in [0.4, 0.5) is 0 Å². The third-order valence-corrected chi connectivity index (χ3v) is 6.91. The highest BCUT2D eigenvalue weighted by molar-refractivity contribution is 7.90. The summed E-state index contributed by atoms with van der Waals surface area (Å²) in [5.74, 6) is 0.103. The summed E-state index contributed by atoms with van der Waals surface area (Å²) in [4.78, 5) is 17.6. The summed E-state index contributed by atoms with van der Waals surface area (Å²) in [6.45, 7) is 4.56. The molecule has 0 saturated heterocycles. The molecule has 2 atom stereocenters. The van der Waals surface area contributed by atoms with E-state index in [9.17, 15) is 13.2 Å². The van der Waals surface area contributed by atoms with E-state index in [1.165, 1.54) is 18.4 Å². The van der Waals surface area contributed by atoms with Crippen molar-refractivity contribution in [2.75, 3.05) is 6.54 Å². The predicted octanol–water partition coefficient (Wildman–Crippen LogP) is 3.15. The Kier molecular flexibility index (Phi) is 6.54. The molecule has 0 fully saturated rings. The van der Waals surface area contributed by atoms with Crippen LogP contribution < -0.4 is 10.0 Å². The van der Waals surface area contributed by atoms with E-state index in [4.69, 9.17) is 0 Å². The number of amides is 1. The molecule has 3 rings (SSSR count). The van der Waals surface area contributed by atoms with Crippen LogP contribution in [-0.2, 0) is 14.8 Å². The maximum Gasteiger partial charge on any atom is 0.263 e. The number of amidine groups is 1. The fourth-order valence-corrected chi connectivity index (χ4v) is 4.86. The van der Waals surface area contributed by atoms with Gasteiger partial charge in [0.2, 0.25) is 5.91 Å². The number of carbonyl (C=O) groups excluding carboxylic acids is 1. The quantitative estimate of drug-likeness (QED) is 0.686. The van der Waals surface area contributed by atoms with E-state index in [-0.39, 0.29) is 22.6 Å². The molecule has 2 N–H and O–H groups in total. The van der Waals surface area contributed by atoms with Crippen molar-refractivity contribution in [1.82, 2.24) is 10.0 Å². The van der Waals surface area contributed by atoms with Crippen molar-refractivity contribution in [3.8, 4) is 0 Å². The SMILES string of the molecule is CC[C@H](C)[C@@H](N=C1NS(=O)(=O)c2ccccc21)C(=O)NCCC1=CCCCC1. The Labute approximate surface area is 167 Å². The van der Waals surface area contributed by atoms with Gasteiger partial charge in [-0.25, -0.2) is 8.42 Å². The second kappa shape index (κ2) is 8.90. The number of nitrogens with one attached hydrogen (secondary N) is 2. The first-order valence-electron chi connectivity index (χ1n) is 10.1. The van der Waals surface area contributed by atoms with Gasteiger partial charge >= 0.3 is 0 Å². The smallest absolute Gasteiger partial charge is 0.263 e. The third kappa shape index (κ3) is 4.63. The molecule has 2 aliphatic rings. The average molecular weight is 404 g/mol. The standard InChI is InChI=1S/C21H29N3O3S/c1-3-15(2)19(21(25)22-14-13-16-9-5-4-6-10-16)23-20-17-11-7-8-12-18(17)28(26,27)24-20/h7-9,11-12,15,19H,3-6,10,13-14H2,1-2H3,(H,22,25)(H,23,24)/t15-,19+/m0/s1.